The van der Waals surface area contributed by atoms with Crippen molar-refractivity contribution in [2.45, 2.75) is 25.6 Å². The van der Waals surface area contributed by atoms with E-state index in [9.17, 15) is 9.90 Å². The van der Waals surface area contributed by atoms with E-state index in [1.54, 1.807) is 55.8 Å². The number of hydrogen-bond donors (Lipinski definition) is 1. The monoisotopic (exact) mass is 564 g/mol. The van der Waals surface area contributed by atoms with Gasteiger partial charge in [-0.25, -0.2) is 23.7 Å². The summed E-state index contributed by atoms with van der Waals surface area (Å²) < 4.78 is 38.3. The average Bonchev–Trinajstić information content (AvgIpc) is 3.29. The molecule has 5 aromatic rings. The predicted molar refractivity (Wildman–Crippen MR) is 144 cm³/mol. The number of piperidine rings is 1. The lowest BCUT2D eigenvalue weighted by molar-refractivity contribution is -0.137. The molecule has 40 heavy (non-hydrogen) atoms. The van der Waals surface area contributed by atoms with E-state index in [4.69, 9.17) is 16.3 Å². The molecule has 1 aliphatic heterocycles. The lowest BCUT2D eigenvalue weighted by atomic mass is 10.00. The van der Waals surface area contributed by atoms with Gasteiger partial charge in [0.05, 0.1) is 34.8 Å². The van der Waals surface area contributed by atoms with Crippen LogP contribution in [0.1, 0.15) is 18.3 Å². The Morgan fingerprint density at radius 3 is 2.67 bits per heavy atom. The quantitative estimate of drug-likeness (QED) is 0.319. The largest absolute Gasteiger partial charge is 0.424 e. The van der Waals surface area contributed by atoms with Crippen LogP contribution >= 0.6 is 11.6 Å². The van der Waals surface area contributed by atoms with Gasteiger partial charge >= 0.3 is 6.01 Å². The Morgan fingerprint density at radius 2 is 1.95 bits per heavy atom. The number of amides is 1. The number of aryl methyl sites for hydroxylation is 1. The third-order valence-corrected chi connectivity index (χ3v) is 7.40. The molecule has 1 unspecified atom stereocenters. The van der Waals surface area contributed by atoms with Crippen LogP contribution in [0.25, 0.3) is 33.1 Å². The van der Waals surface area contributed by atoms with Gasteiger partial charge in [0.1, 0.15) is 35.7 Å². The van der Waals surface area contributed by atoms with Gasteiger partial charge in [-0.3, -0.25) is 9.78 Å². The number of likely N-dealkylation sites (tertiary alicyclic amines) is 1. The molecule has 1 amide bonds. The van der Waals surface area contributed by atoms with Crippen LogP contribution in [-0.2, 0) is 4.79 Å². The number of halogens is 3. The summed E-state index contributed by atoms with van der Waals surface area (Å²) in [7, 11) is 0. The number of carbonyl (C=O) groups excluding carboxylic acids is 1. The molecule has 1 saturated heterocycles. The molecule has 2 aromatic carbocycles. The summed E-state index contributed by atoms with van der Waals surface area (Å²) >= 11 is 6.58. The number of imidazole rings is 1. The lowest BCUT2D eigenvalue weighted by Gasteiger charge is -2.35. The molecule has 9 nitrogen and oxygen atoms in total. The highest BCUT2D eigenvalue weighted by atomic mass is 35.5. The molecule has 6 rings (SSSR count). The summed E-state index contributed by atoms with van der Waals surface area (Å²) in [5, 5.41) is 10.0. The Kier molecular flexibility index (Phi) is 6.77. The summed E-state index contributed by atoms with van der Waals surface area (Å²) in [5.74, 6) is -0.0673. The van der Waals surface area contributed by atoms with Gasteiger partial charge in [0, 0.05) is 47.6 Å². The molecule has 12 heteroatoms. The summed E-state index contributed by atoms with van der Waals surface area (Å²) in [5.41, 5.74) is 2.22. The predicted octanol–water partition coefficient (Wildman–Crippen LogP) is 5.04. The molecule has 0 spiro atoms. The first-order valence-electron chi connectivity index (χ1n) is 12.6. The second-order valence-corrected chi connectivity index (χ2v) is 9.92. The van der Waals surface area contributed by atoms with Crippen LogP contribution in [0, 0.1) is 12.7 Å². The minimum atomic E-state index is -1.39. The molecule has 0 saturated carbocycles. The molecule has 0 aliphatic carbocycles. The Morgan fingerprint density at radius 1 is 1.15 bits per heavy atom. The minimum absolute atomic E-state index is 0.135. The van der Waals surface area contributed by atoms with Gasteiger partial charge < -0.3 is 19.3 Å². The first kappa shape index (κ1) is 26.0. The number of aliphatic hydroxyl groups is 1. The fraction of sp³-hybridized carbons (Fsp3) is 0.250. The van der Waals surface area contributed by atoms with Gasteiger partial charge in [-0.15, -0.1) is 0 Å². The van der Waals surface area contributed by atoms with Crippen molar-refractivity contribution in [1.82, 2.24) is 29.4 Å². The average molecular weight is 565 g/mol. The maximum absolute atomic E-state index is 15.5. The number of pyridine rings is 1. The molecule has 0 bridgehead atoms. The Hall–Kier alpha value is -4.22. The van der Waals surface area contributed by atoms with Crippen molar-refractivity contribution >= 4 is 39.4 Å². The van der Waals surface area contributed by atoms with Crippen molar-refractivity contribution < 1.29 is 23.4 Å². The molecule has 0 radical (unpaired) electrons. The van der Waals surface area contributed by atoms with Crippen LogP contribution in [0.4, 0.5) is 8.78 Å². The summed E-state index contributed by atoms with van der Waals surface area (Å²) in [6.07, 6.45) is 3.58. The molecule has 3 aromatic heterocycles. The van der Waals surface area contributed by atoms with Crippen molar-refractivity contribution in [2.24, 2.45) is 0 Å². The first-order valence-corrected chi connectivity index (χ1v) is 13.0. The van der Waals surface area contributed by atoms with Crippen LogP contribution < -0.4 is 4.74 Å². The maximum atomic E-state index is 15.5. The molecule has 4 heterocycles. The number of aliphatic hydroxyl groups excluding tert-OH is 1. The van der Waals surface area contributed by atoms with Crippen LogP contribution in [0.5, 0.6) is 11.8 Å². The van der Waals surface area contributed by atoms with E-state index in [2.05, 4.69) is 19.9 Å². The summed E-state index contributed by atoms with van der Waals surface area (Å²) in [6, 6.07) is 9.03. The van der Waals surface area contributed by atoms with Gasteiger partial charge in [0.15, 0.2) is 0 Å². The number of nitrogens with zero attached hydrogens (tertiary/aromatic N) is 6. The first-order chi connectivity index (χ1) is 19.3. The summed E-state index contributed by atoms with van der Waals surface area (Å²) in [4.78, 5) is 30.3. The molecule has 1 fully saturated rings. The molecular weight excluding hydrogens is 542 g/mol. The minimum Gasteiger partial charge on any atom is -0.424 e. The highest BCUT2D eigenvalue weighted by molar-refractivity contribution is 6.33. The zero-order valence-corrected chi connectivity index (χ0v) is 22.0. The Labute approximate surface area is 232 Å². The van der Waals surface area contributed by atoms with Crippen LogP contribution in [0.3, 0.4) is 0 Å². The van der Waals surface area contributed by atoms with Crippen LogP contribution in [-0.4, -0.2) is 66.3 Å². The topological polar surface area (TPSA) is 106 Å². The number of benzene rings is 2. The normalized spacial score (nSPS) is 17.5. The molecular formula is C28H23ClF2N6O3. The van der Waals surface area contributed by atoms with Crippen molar-refractivity contribution in [3.05, 3.63) is 71.7 Å². The maximum Gasteiger partial charge on any atom is 0.321 e. The highest BCUT2D eigenvalue weighted by Gasteiger charge is 2.34. The number of rotatable bonds is 5. The van der Waals surface area contributed by atoms with Crippen molar-refractivity contribution in [1.29, 1.82) is 0 Å². The number of alkyl halides is 1. The third kappa shape index (κ3) is 4.61. The van der Waals surface area contributed by atoms with Gasteiger partial charge in [-0.05, 0) is 37.6 Å². The van der Waals surface area contributed by atoms with Gasteiger partial charge in [-0.2, -0.15) is 0 Å². The molecule has 2 atom stereocenters. The smallest absolute Gasteiger partial charge is 0.321 e. The van der Waals surface area contributed by atoms with Crippen LogP contribution in [0.15, 0.2) is 55.0 Å². The van der Waals surface area contributed by atoms with E-state index in [0.29, 0.717) is 52.0 Å². The van der Waals surface area contributed by atoms with Crippen LogP contribution in [0.2, 0.25) is 5.02 Å². The lowest BCUT2D eigenvalue weighted by Crippen LogP contribution is -2.46. The zero-order valence-electron chi connectivity index (χ0n) is 21.3. The molecule has 1 aliphatic rings. The number of carbonyl (C=O) groups is 1. The number of aromatic nitrogens is 5. The van der Waals surface area contributed by atoms with E-state index < -0.39 is 30.5 Å². The Bertz CT molecular complexity index is 1750. The van der Waals surface area contributed by atoms with E-state index in [-0.39, 0.29) is 23.1 Å². The molecule has 1 N–H and O–H groups in total. The van der Waals surface area contributed by atoms with E-state index in [1.165, 1.54) is 11.0 Å². The van der Waals surface area contributed by atoms with Crippen molar-refractivity contribution in [3.63, 3.8) is 0 Å². The third-order valence-electron chi connectivity index (χ3n) is 7.09. The fourth-order valence-electron chi connectivity index (χ4n) is 5.26. The van der Waals surface area contributed by atoms with Gasteiger partial charge in [-0.1, -0.05) is 11.6 Å². The Balaban J connectivity index is 1.43. The fourth-order valence-corrected chi connectivity index (χ4v) is 5.53. The van der Waals surface area contributed by atoms with Crippen molar-refractivity contribution in [2.75, 3.05) is 19.7 Å². The second-order valence-electron chi connectivity index (χ2n) is 9.52. The van der Waals surface area contributed by atoms with Gasteiger partial charge in [0.25, 0.3) is 0 Å². The number of hydrogen-bond acceptors (Lipinski definition) is 7. The zero-order chi connectivity index (χ0) is 28.0. The van der Waals surface area contributed by atoms with Gasteiger partial charge in [0.2, 0.25) is 5.91 Å². The number of ether oxygens (including phenoxy) is 1. The van der Waals surface area contributed by atoms with E-state index in [0.717, 1.165) is 0 Å². The highest BCUT2D eigenvalue weighted by Crippen LogP contribution is 2.38. The van der Waals surface area contributed by atoms with E-state index in [1.807, 2.05) is 4.57 Å². The SMILES string of the molecule is Cc1nc2cnc3cc(F)c(-c4ccc(Oc5ncccn5)cc4Cl)cc3c2n1C1CCN(C(=O)CO)C[C@@H]1F. The van der Waals surface area contributed by atoms with Crippen molar-refractivity contribution in [3.8, 4) is 22.9 Å². The summed E-state index contributed by atoms with van der Waals surface area (Å²) in [6.45, 7) is 1.28. The standard InChI is InChI=1S/C28H23ClF2N6O3/c1-15-35-24-12-34-23-11-21(30)18(17-4-3-16(9-20(17)29)40-28-32-6-2-7-33-28)10-19(23)27(24)37(15)25-5-8-36(13-22(25)31)26(39)14-38/h2-4,6-7,9-12,22,25,38H,5,8,13-14H2,1H3/t22-,25?/m0/s1. The van der Waals surface area contributed by atoms with E-state index >= 15 is 8.78 Å². The number of fused-ring (bicyclic) bond motifs is 3. The second kappa shape index (κ2) is 10.4. The molecule has 204 valence electrons.